The number of nitrogens with one attached hydrogen (secondary N) is 1. The van der Waals surface area contributed by atoms with E-state index in [2.05, 4.69) is 21.2 Å². The first kappa shape index (κ1) is 20.1. The first-order chi connectivity index (χ1) is 13.8. The fourth-order valence-electron chi connectivity index (χ4n) is 3.42. The van der Waals surface area contributed by atoms with Crippen LogP contribution < -0.4 is 5.32 Å². The summed E-state index contributed by atoms with van der Waals surface area (Å²) in [7, 11) is -3.58. The highest BCUT2D eigenvalue weighted by Crippen LogP contribution is 2.30. The van der Waals surface area contributed by atoms with Crippen LogP contribution in [0.2, 0.25) is 0 Å². The van der Waals surface area contributed by atoms with E-state index in [-0.39, 0.29) is 16.3 Å². The van der Waals surface area contributed by atoms with Crippen LogP contribution in [0.1, 0.15) is 29.0 Å². The average molecular weight is 481 g/mol. The van der Waals surface area contributed by atoms with Gasteiger partial charge in [-0.15, -0.1) is 0 Å². The molecule has 0 unspecified atom stereocenters. The van der Waals surface area contributed by atoms with Gasteiger partial charge in [-0.3, -0.25) is 4.79 Å². The number of benzene rings is 2. The van der Waals surface area contributed by atoms with Crippen molar-refractivity contribution in [2.24, 2.45) is 0 Å². The minimum absolute atomic E-state index is 0.0121. The van der Waals surface area contributed by atoms with Crippen LogP contribution in [0, 0.1) is 12.7 Å². The minimum atomic E-state index is -3.58. The number of fused-ring (bicyclic) bond motifs is 1. The third-order valence-corrected chi connectivity index (χ3v) is 7.38. The molecular formula is C20H18BrFN2O4S. The maximum absolute atomic E-state index is 14.0. The number of aryl methyl sites for hydroxylation is 1. The van der Waals surface area contributed by atoms with Crippen molar-refractivity contribution in [3.63, 3.8) is 0 Å². The van der Waals surface area contributed by atoms with E-state index in [9.17, 15) is 17.6 Å². The van der Waals surface area contributed by atoms with E-state index in [0.29, 0.717) is 34.1 Å². The Labute approximate surface area is 175 Å². The number of sulfonamides is 1. The number of hydrogen-bond acceptors (Lipinski definition) is 4. The Morgan fingerprint density at radius 3 is 2.59 bits per heavy atom. The molecule has 2 heterocycles. The molecule has 0 atom stereocenters. The Kier molecular flexibility index (Phi) is 5.22. The molecule has 152 valence electrons. The van der Waals surface area contributed by atoms with Crippen LogP contribution in [0.5, 0.6) is 0 Å². The zero-order valence-corrected chi connectivity index (χ0v) is 17.9. The van der Waals surface area contributed by atoms with Crippen molar-refractivity contribution < 1.29 is 22.0 Å². The Morgan fingerprint density at radius 2 is 1.90 bits per heavy atom. The molecule has 1 aliphatic rings. The van der Waals surface area contributed by atoms with Crippen molar-refractivity contribution in [1.29, 1.82) is 0 Å². The van der Waals surface area contributed by atoms with Crippen LogP contribution in [0.3, 0.4) is 0 Å². The summed E-state index contributed by atoms with van der Waals surface area (Å²) in [5.41, 5.74) is 0.910. The molecule has 1 saturated heterocycles. The van der Waals surface area contributed by atoms with Gasteiger partial charge < -0.3 is 9.73 Å². The zero-order valence-electron chi connectivity index (χ0n) is 15.5. The second-order valence-electron chi connectivity index (χ2n) is 6.90. The molecule has 0 radical (unpaired) electrons. The van der Waals surface area contributed by atoms with Crippen LogP contribution in [0.15, 0.2) is 50.2 Å². The second-order valence-corrected chi connectivity index (χ2v) is 9.76. The monoisotopic (exact) mass is 480 g/mol. The molecular weight excluding hydrogens is 463 g/mol. The van der Waals surface area contributed by atoms with Gasteiger partial charge in [-0.2, -0.15) is 4.31 Å². The molecule has 1 aromatic heterocycles. The predicted octanol–water partition coefficient (Wildman–Crippen LogP) is 4.68. The van der Waals surface area contributed by atoms with Crippen molar-refractivity contribution in [1.82, 2.24) is 4.31 Å². The lowest BCUT2D eigenvalue weighted by Gasteiger charge is -2.15. The van der Waals surface area contributed by atoms with Gasteiger partial charge in [0.2, 0.25) is 10.0 Å². The topological polar surface area (TPSA) is 79.6 Å². The summed E-state index contributed by atoms with van der Waals surface area (Å²) in [6, 6.07) is 8.85. The van der Waals surface area contributed by atoms with Crippen molar-refractivity contribution in [2.75, 3.05) is 18.4 Å². The van der Waals surface area contributed by atoms with Crippen LogP contribution >= 0.6 is 15.9 Å². The molecule has 1 N–H and O–H groups in total. The summed E-state index contributed by atoms with van der Waals surface area (Å²) >= 11 is 3.17. The lowest BCUT2D eigenvalue weighted by Crippen LogP contribution is -2.27. The molecule has 4 rings (SSSR count). The third-order valence-electron chi connectivity index (χ3n) is 5.00. The van der Waals surface area contributed by atoms with Gasteiger partial charge in [-0.25, -0.2) is 12.8 Å². The third kappa shape index (κ3) is 3.70. The summed E-state index contributed by atoms with van der Waals surface area (Å²) in [5.74, 6) is -1.18. The number of amides is 1. The molecule has 0 bridgehead atoms. The molecule has 6 nitrogen and oxygen atoms in total. The van der Waals surface area contributed by atoms with Crippen LogP contribution in [0.25, 0.3) is 11.0 Å². The Balaban J connectivity index is 1.68. The molecule has 3 aromatic rings. The van der Waals surface area contributed by atoms with Gasteiger partial charge in [0.1, 0.15) is 11.4 Å². The van der Waals surface area contributed by atoms with Gasteiger partial charge in [0.15, 0.2) is 5.76 Å². The molecule has 0 saturated carbocycles. The molecule has 29 heavy (non-hydrogen) atoms. The van der Waals surface area contributed by atoms with Gasteiger partial charge in [0, 0.05) is 28.5 Å². The minimum Gasteiger partial charge on any atom is -0.451 e. The second kappa shape index (κ2) is 7.55. The van der Waals surface area contributed by atoms with E-state index < -0.39 is 21.7 Å². The lowest BCUT2D eigenvalue weighted by molar-refractivity contribution is 0.0997. The number of furan rings is 1. The lowest BCUT2D eigenvalue weighted by atomic mass is 10.1. The van der Waals surface area contributed by atoms with Gasteiger partial charge in [0.05, 0.1) is 10.6 Å². The number of anilines is 1. The quantitative estimate of drug-likeness (QED) is 0.587. The van der Waals surface area contributed by atoms with Crippen LogP contribution in [0.4, 0.5) is 10.1 Å². The Hall–Kier alpha value is -2.23. The molecule has 1 fully saturated rings. The van der Waals surface area contributed by atoms with E-state index in [4.69, 9.17) is 4.42 Å². The summed E-state index contributed by atoms with van der Waals surface area (Å²) in [5, 5.41) is 3.02. The normalized spacial score (nSPS) is 15.1. The number of hydrogen-bond donors (Lipinski definition) is 1. The van der Waals surface area contributed by atoms with Gasteiger partial charge in [-0.05, 0) is 56.2 Å². The fourth-order valence-corrected chi connectivity index (χ4v) is 5.30. The maximum atomic E-state index is 14.0. The maximum Gasteiger partial charge on any atom is 0.291 e. The summed E-state index contributed by atoms with van der Waals surface area (Å²) in [4.78, 5) is 12.8. The first-order valence-corrected chi connectivity index (χ1v) is 11.3. The SMILES string of the molecule is Cc1c(C(=O)Nc2ccc(Br)cc2F)oc2ccc(S(=O)(=O)N3CCCC3)cc12. The van der Waals surface area contributed by atoms with Crippen LogP contribution in [-0.2, 0) is 10.0 Å². The van der Waals surface area contributed by atoms with Gasteiger partial charge >= 0.3 is 0 Å². The summed E-state index contributed by atoms with van der Waals surface area (Å²) in [6.07, 6.45) is 1.70. The van der Waals surface area contributed by atoms with E-state index in [1.54, 1.807) is 19.1 Å². The number of carbonyl (C=O) groups is 1. The van der Waals surface area contributed by atoms with E-state index in [0.717, 1.165) is 12.8 Å². The highest BCUT2D eigenvalue weighted by Gasteiger charge is 2.28. The Morgan fingerprint density at radius 1 is 1.17 bits per heavy atom. The number of rotatable bonds is 4. The number of carbonyl (C=O) groups excluding carboxylic acids is 1. The first-order valence-electron chi connectivity index (χ1n) is 9.07. The molecule has 2 aromatic carbocycles. The molecule has 1 amide bonds. The fraction of sp³-hybridized carbons (Fsp3) is 0.250. The summed E-state index contributed by atoms with van der Waals surface area (Å²) < 4.78 is 47.3. The standard InChI is InChI=1S/C20H18BrFN2O4S/c1-12-15-11-14(29(26,27)24-8-2-3-9-24)5-7-18(15)28-19(12)20(25)23-17-6-4-13(21)10-16(17)22/h4-7,10-11H,2-3,8-9H2,1H3,(H,23,25). The van der Waals surface area contributed by atoms with E-state index in [1.165, 1.54) is 28.6 Å². The number of halogens is 2. The predicted molar refractivity (Wildman–Crippen MR) is 111 cm³/mol. The number of nitrogens with zero attached hydrogens (tertiary/aromatic N) is 1. The Bertz CT molecular complexity index is 1220. The van der Waals surface area contributed by atoms with Crippen molar-refractivity contribution >= 4 is 48.5 Å². The smallest absolute Gasteiger partial charge is 0.291 e. The highest BCUT2D eigenvalue weighted by molar-refractivity contribution is 9.10. The van der Waals surface area contributed by atoms with Gasteiger partial charge in [0.25, 0.3) is 5.91 Å². The van der Waals surface area contributed by atoms with Crippen molar-refractivity contribution in [3.05, 3.63) is 58.0 Å². The molecule has 9 heteroatoms. The van der Waals surface area contributed by atoms with Gasteiger partial charge in [-0.1, -0.05) is 15.9 Å². The van der Waals surface area contributed by atoms with Crippen molar-refractivity contribution in [3.8, 4) is 0 Å². The zero-order chi connectivity index (χ0) is 20.8. The largest absolute Gasteiger partial charge is 0.451 e. The molecule has 0 spiro atoms. The molecule has 1 aliphatic heterocycles. The van der Waals surface area contributed by atoms with Crippen LogP contribution in [-0.4, -0.2) is 31.7 Å². The summed E-state index contributed by atoms with van der Waals surface area (Å²) in [6.45, 7) is 2.69. The average Bonchev–Trinajstić information content (AvgIpc) is 3.33. The van der Waals surface area contributed by atoms with Crippen molar-refractivity contribution in [2.45, 2.75) is 24.7 Å². The van der Waals surface area contributed by atoms with E-state index >= 15 is 0 Å². The highest BCUT2D eigenvalue weighted by atomic mass is 79.9. The molecule has 0 aliphatic carbocycles. The van der Waals surface area contributed by atoms with E-state index in [1.807, 2.05) is 0 Å².